The van der Waals surface area contributed by atoms with E-state index in [-0.39, 0.29) is 26.5 Å². The van der Waals surface area contributed by atoms with Gasteiger partial charge in [-0.1, -0.05) is 29.8 Å². The number of sulfonamides is 1. The number of fused-ring (bicyclic) bond motifs is 1. The standard InChI is InChI=1S/C19H14ClN3O5S2/c20-14-6-7-17(29(24,25)12-18-21-8-3-9-22-18)15(11-14)23-30(26,27)19-10-13-4-1-2-5-16(13)28-19/h1-11,23H,12H2. The van der Waals surface area contributed by atoms with Gasteiger partial charge in [-0.2, -0.15) is 8.42 Å². The number of anilines is 1. The van der Waals surface area contributed by atoms with Gasteiger partial charge in [0.05, 0.1) is 10.6 Å². The first kappa shape index (κ1) is 20.3. The summed E-state index contributed by atoms with van der Waals surface area (Å²) >= 11 is 5.99. The lowest BCUT2D eigenvalue weighted by atomic mass is 10.3. The van der Waals surface area contributed by atoms with Crippen molar-refractivity contribution in [2.75, 3.05) is 4.72 Å². The average molecular weight is 464 g/mol. The summed E-state index contributed by atoms with van der Waals surface area (Å²) < 4.78 is 59.2. The highest BCUT2D eigenvalue weighted by Gasteiger charge is 2.26. The Hall–Kier alpha value is -2.95. The molecular weight excluding hydrogens is 450 g/mol. The molecule has 2 aromatic carbocycles. The van der Waals surface area contributed by atoms with E-state index in [1.165, 1.54) is 36.7 Å². The molecule has 8 nitrogen and oxygen atoms in total. The van der Waals surface area contributed by atoms with E-state index in [0.717, 1.165) is 0 Å². The molecule has 4 rings (SSSR count). The van der Waals surface area contributed by atoms with Crippen LogP contribution in [0.25, 0.3) is 11.0 Å². The monoisotopic (exact) mass is 463 g/mol. The number of nitrogens with zero attached hydrogens (tertiary/aromatic N) is 2. The molecule has 30 heavy (non-hydrogen) atoms. The Morgan fingerprint density at radius 1 is 0.933 bits per heavy atom. The lowest BCUT2D eigenvalue weighted by molar-refractivity contribution is 0.484. The minimum absolute atomic E-state index is 0.0820. The molecule has 0 unspecified atom stereocenters. The van der Waals surface area contributed by atoms with Gasteiger partial charge in [-0.15, -0.1) is 0 Å². The van der Waals surface area contributed by atoms with Gasteiger partial charge in [-0.25, -0.2) is 18.4 Å². The molecule has 0 saturated heterocycles. The molecule has 0 saturated carbocycles. The van der Waals surface area contributed by atoms with E-state index in [2.05, 4.69) is 14.7 Å². The van der Waals surface area contributed by atoms with Crippen molar-refractivity contribution in [2.24, 2.45) is 0 Å². The molecular formula is C19H14ClN3O5S2. The number of hydrogen-bond donors (Lipinski definition) is 1. The zero-order valence-electron chi connectivity index (χ0n) is 15.2. The SMILES string of the molecule is O=S(=O)(Cc1ncccn1)c1ccc(Cl)cc1NS(=O)(=O)c1cc2ccccc2o1. The fourth-order valence-electron chi connectivity index (χ4n) is 2.79. The summed E-state index contributed by atoms with van der Waals surface area (Å²) in [6.07, 6.45) is 2.84. The molecule has 0 bridgehead atoms. The van der Waals surface area contributed by atoms with Crippen LogP contribution in [-0.2, 0) is 25.6 Å². The second kappa shape index (κ2) is 7.71. The largest absolute Gasteiger partial charge is 0.443 e. The number of para-hydroxylation sites is 1. The first-order valence-corrected chi connectivity index (χ1v) is 12.1. The van der Waals surface area contributed by atoms with Crippen molar-refractivity contribution in [1.82, 2.24) is 9.97 Å². The highest BCUT2D eigenvalue weighted by Crippen LogP contribution is 2.31. The number of halogens is 1. The van der Waals surface area contributed by atoms with Crippen LogP contribution in [0.4, 0.5) is 5.69 Å². The Kier molecular flexibility index (Phi) is 5.22. The van der Waals surface area contributed by atoms with Crippen molar-refractivity contribution in [3.8, 4) is 0 Å². The third kappa shape index (κ3) is 4.16. The lowest BCUT2D eigenvalue weighted by Gasteiger charge is -2.12. The second-order valence-corrected chi connectivity index (χ2v) is 10.3. The maximum atomic E-state index is 12.9. The second-order valence-electron chi connectivity index (χ2n) is 6.27. The molecule has 2 aromatic heterocycles. The van der Waals surface area contributed by atoms with Gasteiger partial charge >= 0.3 is 0 Å². The van der Waals surface area contributed by atoms with E-state index in [1.807, 2.05) is 0 Å². The summed E-state index contributed by atoms with van der Waals surface area (Å²) in [6.45, 7) is 0. The van der Waals surface area contributed by atoms with Crippen LogP contribution in [0, 0.1) is 0 Å². The lowest BCUT2D eigenvalue weighted by Crippen LogP contribution is -2.16. The van der Waals surface area contributed by atoms with Crippen molar-refractivity contribution in [3.05, 3.63) is 77.8 Å². The molecule has 0 fully saturated rings. The first-order chi connectivity index (χ1) is 14.2. The Balaban J connectivity index is 1.73. The quantitative estimate of drug-likeness (QED) is 0.463. The van der Waals surface area contributed by atoms with E-state index in [1.54, 1.807) is 30.3 Å². The number of rotatable bonds is 6. The molecule has 4 aromatic rings. The highest BCUT2D eigenvalue weighted by atomic mass is 35.5. The maximum Gasteiger partial charge on any atom is 0.295 e. The van der Waals surface area contributed by atoms with Gasteiger partial charge < -0.3 is 4.42 Å². The molecule has 11 heteroatoms. The molecule has 154 valence electrons. The number of furan rings is 1. The summed E-state index contributed by atoms with van der Waals surface area (Å²) in [5.41, 5.74) is 0.192. The topological polar surface area (TPSA) is 119 Å². The van der Waals surface area contributed by atoms with Crippen LogP contribution >= 0.6 is 11.6 Å². The Morgan fingerprint density at radius 2 is 1.67 bits per heavy atom. The Morgan fingerprint density at radius 3 is 2.40 bits per heavy atom. The van der Waals surface area contributed by atoms with Crippen LogP contribution in [-0.4, -0.2) is 26.8 Å². The third-order valence-electron chi connectivity index (χ3n) is 4.13. The van der Waals surface area contributed by atoms with Gasteiger partial charge in [0.15, 0.2) is 9.84 Å². The molecule has 0 radical (unpaired) electrons. The minimum atomic E-state index is -4.22. The molecule has 0 amide bonds. The molecule has 0 atom stereocenters. The smallest absolute Gasteiger partial charge is 0.295 e. The zero-order valence-corrected chi connectivity index (χ0v) is 17.6. The van der Waals surface area contributed by atoms with E-state index < -0.39 is 25.6 Å². The number of nitrogens with one attached hydrogen (secondary N) is 1. The summed E-state index contributed by atoms with van der Waals surface area (Å²) in [5.74, 6) is -0.423. The van der Waals surface area contributed by atoms with Crippen molar-refractivity contribution < 1.29 is 21.3 Å². The summed E-state index contributed by atoms with van der Waals surface area (Å²) in [5, 5.41) is 0.406. The van der Waals surface area contributed by atoms with Crippen LogP contribution in [0.2, 0.25) is 5.02 Å². The van der Waals surface area contributed by atoms with Crippen molar-refractivity contribution >= 4 is 48.1 Å². The number of benzene rings is 2. The van der Waals surface area contributed by atoms with Gasteiger partial charge in [0.2, 0.25) is 5.09 Å². The van der Waals surface area contributed by atoms with Crippen LogP contribution in [0.15, 0.2) is 81.4 Å². The predicted octanol–water partition coefficient (Wildman–Crippen LogP) is 3.65. The summed E-state index contributed by atoms with van der Waals surface area (Å²) in [7, 11) is -8.20. The van der Waals surface area contributed by atoms with Crippen LogP contribution in [0.1, 0.15) is 5.82 Å². The minimum Gasteiger partial charge on any atom is -0.443 e. The van der Waals surface area contributed by atoms with Gasteiger partial charge in [0, 0.05) is 28.9 Å². The van der Waals surface area contributed by atoms with Crippen LogP contribution in [0.5, 0.6) is 0 Å². The summed E-state index contributed by atoms with van der Waals surface area (Å²) in [4.78, 5) is 7.58. The first-order valence-electron chi connectivity index (χ1n) is 8.54. The van der Waals surface area contributed by atoms with Gasteiger partial charge in [0.1, 0.15) is 17.2 Å². The molecule has 0 spiro atoms. The van der Waals surface area contributed by atoms with E-state index in [4.69, 9.17) is 16.0 Å². The van der Waals surface area contributed by atoms with Gasteiger partial charge in [-0.05, 0) is 30.3 Å². The average Bonchev–Trinajstić information content (AvgIpc) is 3.13. The normalized spacial score (nSPS) is 12.2. The van der Waals surface area contributed by atoms with E-state index in [0.29, 0.717) is 11.0 Å². The van der Waals surface area contributed by atoms with Crippen molar-refractivity contribution in [3.63, 3.8) is 0 Å². The maximum absolute atomic E-state index is 12.9. The predicted molar refractivity (Wildman–Crippen MR) is 111 cm³/mol. The molecule has 0 aliphatic carbocycles. The summed E-state index contributed by atoms with van der Waals surface area (Å²) in [6, 6.07) is 13.5. The fourth-order valence-corrected chi connectivity index (χ4v) is 5.43. The fraction of sp³-hybridized carbons (Fsp3) is 0.0526. The molecule has 0 aliphatic rings. The Labute approximate surface area is 177 Å². The number of hydrogen-bond acceptors (Lipinski definition) is 7. The van der Waals surface area contributed by atoms with Crippen molar-refractivity contribution in [1.29, 1.82) is 0 Å². The number of aromatic nitrogens is 2. The van der Waals surface area contributed by atoms with Crippen LogP contribution < -0.4 is 4.72 Å². The van der Waals surface area contributed by atoms with E-state index in [9.17, 15) is 16.8 Å². The third-order valence-corrected chi connectivity index (χ3v) is 7.25. The molecule has 2 heterocycles. The van der Waals surface area contributed by atoms with Gasteiger partial charge in [0.25, 0.3) is 10.0 Å². The van der Waals surface area contributed by atoms with Crippen molar-refractivity contribution in [2.45, 2.75) is 15.7 Å². The van der Waals surface area contributed by atoms with E-state index >= 15 is 0 Å². The molecule has 0 aliphatic heterocycles. The molecule has 1 N–H and O–H groups in total. The highest BCUT2D eigenvalue weighted by molar-refractivity contribution is 7.93. The number of sulfone groups is 1. The van der Waals surface area contributed by atoms with Crippen LogP contribution in [0.3, 0.4) is 0 Å². The Bertz CT molecular complexity index is 1400. The zero-order chi connectivity index (χ0) is 21.4. The van der Waals surface area contributed by atoms with Gasteiger partial charge in [-0.3, -0.25) is 4.72 Å².